The number of methoxy groups -OCH3 is 1. The quantitative estimate of drug-likeness (QED) is 0.424. The normalized spacial score (nSPS) is 11.4. The van der Waals surface area contributed by atoms with Crippen LogP contribution in [0.5, 0.6) is 5.75 Å². The summed E-state index contributed by atoms with van der Waals surface area (Å²) in [6.45, 7) is 0. The molecule has 0 bridgehead atoms. The second-order valence-corrected chi connectivity index (χ2v) is 6.57. The minimum Gasteiger partial charge on any atom is -0.496 e. The van der Waals surface area contributed by atoms with Gasteiger partial charge in [0.15, 0.2) is 5.65 Å². The Labute approximate surface area is 169 Å². The van der Waals surface area contributed by atoms with Gasteiger partial charge in [-0.25, -0.2) is 17.6 Å². The van der Waals surface area contributed by atoms with Crippen molar-refractivity contribution < 1.29 is 22.3 Å². The van der Waals surface area contributed by atoms with Crippen molar-refractivity contribution in [1.82, 2.24) is 19.6 Å². The van der Waals surface area contributed by atoms with Gasteiger partial charge in [0.25, 0.3) is 6.43 Å². The van der Waals surface area contributed by atoms with E-state index in [1.165, 1.54) is 19.6 Å². The largest absolute Gasteiger partial charge is 0.496 e. The number of aryl methyl sites for hydroxylation is 1. The maximum atomic E-state index is 14.2. The predicted octanol–water partition coefficient (Wildman–Crippen LogP) is 4.80. The van der Waals surface area contributed by atoms with E-state index < -0.39 is 18.1 Å². The average molecular weight is 416 g/mol. The van der Waals surface area contributed by atoms with Gasteiger partial charge in [0.05, 0.1) is 7.11 Å². The number of ether oxygens (including phenoxy) is 1. The SMILES string of the molecule is COc1cc(F)cc(F)c1CCc1ccc(-c2cccnc2C(F)F)c2nncn12. The highest BCUT2D eigenvalue weighted by atomic mass is 19.3. The third-order valence-corrected chi connectivity index (χ3v) is 4.85. The van der Waals surface area contributed by atoms with Crippen LogP contribution in [0.4, 0.5) is 17.6 Å². The van der Waals surface area contributed by atoms with Gasteiger partial charge in [0.2, 0.25) is 0 Å². The van der Waals surface area contributed by atoms with E-state index >= 15 is 0 Å². The number of fused-ring (bicyclic) bond motifs is 1. The van der Waals surface area contributed by atoms with Gasteiger partial charge in [0, 0.05) is 40.7 Å². The fourth-order valence-corrected chi connectivity index (χ4v) is 3.45. The molecule has 0 amide bonds. The van der Waals surface area contributed by atoms with Gasteiger partial charge >= 0.3 is 0 Å². The molecular formula is C21H16F4N4O. The number of hydrogen-bond donors (Lipinski definition) is 0. The van der Waals surface area contributed by atoms with Crippen molar-refractivity contribution in [3.05, 3.63) is 77.5 Å². The Morgan fingerprint density at radius 1 is 1.07 bits per heavy atom. The molecule has 4 aromatic rings. The van der Waals surface area contributed by atoms with Crippen LogP contribution in [0.1, 0.15) is 23.4 Å². The van der Waals surface area contributed by atoms with Gasteiger partial charge in [-0.3, -0.25) is 9.38 Å². The van der Waals surface area contributed by atoms with Crippen LogP contribution in [-0.2, 0) is 12.8 Å². The molecule has 0 atom stereocenters. The first kappa shape index (κ1) is 19.8. The van der Waals surface area contributed by atoms with Crippen LogP contribution in [0.3, 0.4) is 0 Å². The van der Waals surface area contributed by atoms with E-state index in [2.05, 4.69) is 15.2 Å². The maximum Gasteiger partial charge on any atom is 0.280 e. The first-order chi connectivity index (χ1) is 14.5. The molecule has 3 heterocycles. The van der Waals surface area contributed by atoms with Crippen LogP contribution in [0.15, 0.2) is 48.9 Å². The van der Waals surface area contributed by atoms with E-state index in [9.17, 15) is 17.6 Å². The Balaban J connectivity index is 1.71. The van der Waals surface area contributed by atoms with Gasteiger partial charge in [0.1, 0.15) is 29.4 Å². The summed E-state index contributed by atoms with van der Waals surface area (Å²) in [5.74, 6) is -1.29. The molecule has 0 radical (unpaired) electrons. The molecule has 0 aliphatic carbocycles. The summed E-state index contributed by atoms with van der Waals surface area (Å²) in [5.41, 5.74) is 1.75. The Bertz CT molecular complexity index is 1210. The number of rotatable bonds is 6. The van der Waals surface area contributed by atoms with E-state index in [0.29, 0.717) is 17.6 Å². The molecular weight excluding hydrogens is 400 g/mol. The van der Waals surface area contributed by atoms with Crippen molar-refractivity contribution in [2.75, 3.05) is 7.11 Å². The molecule has 30 heavy (non-hydrogen) atoms. The highest BCUT2D eigenvalue weighted by molar-refractivity contribution is 5.79. The maximum absolute atomic E-state index is 14.2. The first-order valence-corrected chi connectivity index (χ1v) is 9.06. The van der Waals surface area contributed by atoms with Gasteiger partial charge in [-0.05, 0) is 31.0 Å². The van der Waals surface area contributed by atoms with Crippen LogP contribution in [-0.4, -0.2) is 26.7 Å². The highest BCUT2D eigenvalue weighted by Gasteiger charge is 2.19. The van der Waals surface area contributed by atoms with Gasteiger partial charge in [-0.15, -0.1) is 10.2 Å². The Morgan fingerprint density at radius 2 is 1.90 bits per heavy atom. The second kappa shape index (κ2) is 8.10. The number of nitrogens with zero attached hydrogens (tertiary/aromatic N) is 4. The van der Waals surface area contributed by atoms with Crippen LogP contribution in [0.25, 0.3) is 16.8 Å². The van der Waals surface area contributed by atoms with E-state index in [4.69, 9.17) is 4.74 Å². The Kier molecular flexibility index (Phi) is 5.35. The van der Waals surface area contributed by atoms with Crippen molar-refractivity contribution in [2.24, 2.45) is 0 Å². The van der Waals surface area contributed by atoms with Gasteiger partial charge in [-0.1, -0.05) is 6.07 Å². The van der Waals surface area contributed by atoms with Gasteiger partial charge in [-0.2, -0.15) is 0 Å². The Morgan fingerprint density at radius 3 is 2.67 bits per heavy atom. The van der Waals surface area contributed by atoms with Crippen molar-refractivity contribution in [3.63, 3.8) is 0 Å². The molecule has 5 nitrogen and oxygen atoms in total. The lowest BCUT2D eigenvalue weighted by atomic mass is 10.0. The number of halogens is 4. The predicted molar refractivity (Wildman–Crippen MR) is 101 cm³/mol. The molecule has 0 fully saturated rings. The molecule has 0 N–H and O–H groups in total. The van der Waals surface area contributed by atoms with E-state index in [-0.39, 0.29) is 29.0 Å². The van der Waals surface area contributed by atoms with E-state index in [0.717, 1.165) is 17.8 Å². The van der Waals surface area contributed by atoms with Crippen molar-refractivity contribution in [2.45, 2.75) is 19.3 Å². The molecule has 0 aliphatic rings. The summed E-state index contributed by atoms with van der Waals surface area (Å²) >= 11 is 0. The molecule has 0 spiro atoms. The number of hydrogen-bond acceptors (Lipinski definition) is 4. The van der Waals surface area contributed by atoms with Gasteiger partial charge < -0.3 is 4.74 Å². The Hall–Kier alpha value is -3.49. The third kappa shape index (κ3) is 3.58. The van der Waals surface area contributed by atoms with E-state index in [1.54, 1.807) is 28.7 Å². The summed E-state index contributed by atoms with van der Waals surface area (Å²) in [5, 5.41) is 7.96. The third-order valence-electron chi connectivity index (χ3n) is 4.85. The fourth-order valence-electron chi connectivity index (χ4n) is 3.45. The lowest BCUT2D eigenvalue weighted by molar-refractivity contribution is 0.147. The van der Waals surface area contributed by atoms with Crippen LogP contribution in [0.2, 0.25) is 0 Å². The second-order valence-electron chi connectivity index (χ2n) is 6.57. The first-order valence-electron chi connectivity index (χ1n) is 9.06. The number of pyridine rings is 2. The minimum absolute atomic E-state index is 0.126. The number of alkyl halides is 2. The van der Waals surface area contributed by atoms with Crippen LogP contribution < -0.4 is 4.74 Å². The lowest BCUT2D eigenvalue weighted by Crippen LogP contribution is -2.04. The average Bonchev–Trinajstić information content (AvgIpc) is 3.22. The molecule has 154 valence electrons. The molecule has 1 aromatic carbocycles. The highest BCUT2D eigenvalue weighted by Crippen LogP contribution is 2.32. The molecule has 0 saturated heterocycles. The fraction of sp³-hybridized carbons (Fsp3) is 0.190. The van der Waals surface area contributed by atoms with Crippen LogP contribution >= 0.6 is 0 Å². The summed E-state index contributed by atoms with van der Waals surface area (Å²) in [7, 11) is 1.35. The van der Waals surface area contributed by atoms with E-state index in [1.807, 2.05) is 0 Å². The summed E-state index contributed by atoms with van der Waals surface area (Å²) in [6, 6.07) is 8.47. The summed E-state index contributed by atoms with van der Waals surface area (Å²) in [6.07, 6.45) is 0.632. The lowest BCUT2D eigenvalue weighted by Gasteiger charge is -2.13. The van der Waals surface area contributed by atoms with Crippen molar-refractivity contribution in [3.8, 4) is 16.9 Å². The number of benzene rings is 1. The monoisotopic (exact) mass is 416 g/mol. The van der Waals surface area contributed by atoms with Crippen LogP contribution in [0, 0.1) is 11.6 Å². The number of aromatic nitrogens is 4. The van der Waals surface area contributed by atoms with Crippen molar-refractivity contribution in [1.29, 1.82) is 0 Å². The molecule has 0 unspecified atom stereocenters. The molecule has 9 heteroatoms. The molecule has 3 aromatic heterocycles. The summed E-state index contributed by atoms with van der Waals surface area (Å²) < 4.78 is 61.2. The molecule has 0 saturated carbocycles. The minimum atomic E-state index is -2.74. The smallest absolute Gasteiger partial charge is 0.280 e. The zero-order valence-corrected chi connectivity index (χ0v) is 15.8. The van der Waals surface area contributed by atoms with Crippen molar-refractivity contribution >= 4 is 5.65 Å². The molecule has 0 aliphatic heterocycles. The standard InChI is InChI=1S/C21H16F4N4O/c1-30-18-10-12(22)9-17(23)16(18)7-5-13-4-6-15(21-28-27-11-29(13)21)14-3-2-8-26-19(14)20(24)25/h2-4,6,8-11,20H,5,7H2,1H3. The zero-order chi connectivity index (χ0) is 21.3. The zero-order valence-electron chi connectivity index (χ0n) is 15.8. The topological polar surface area (TPSA) is 52.3 Å². The summed E-state index contributed by atoms with van der Waals surface area (Å²) in [4.78, 5) is 3.79. The molecule has 4 rings (SSSR count).